The van der Waals surface area contributed by atoms with Gasteiger partial charge in [-0.3, -0.25) is 0 Å². The molecule has 5 nitrogen and oxygen atoms in total. The van der Waals surface area contributed by atoms with Crippen LogP contribution in [0.5, 0.6) is 0 Å². The van der Waals surface area contributed by atoms with E-state index in [1.165, 1.54) is 5.56 Å². The molecule has 5 heteroatoms. The van der Waals surface area contributed by atoms with Gasteiger partial charge in [-0.25, -0.2) is 0 Å². The van der Waals surface area contributed by atoms with Gasteiger partial charge in [0, 0.05) is 12.2 Å². The van der Waals surface area contributed by atoms with Crippen LogP contribution in [0.2, 0.25) is 0 Å². The average molecular weight is 336 g/mol. The van der Waals surface area contributed by atoms with Gasteiger partial charge in [-0.1, -0.05) is 47.6 Å². The summed E-state index contributed by atoms with van der Waals surface area (Å²) in [7, 11) is 0. The van der Waals surface area contributed by atoms with Crippen LogP contribution in [0.15, 0.2) is 59.1 Å². The molecule has 1 saturated heterocycles. The van der Waals surface area contributed by atoms with E-state index in [4.69, 9.17) is 14.0 Å². The minimum Gasteiger partial charge on any atom is -0.376 e. The van der Waals surface area contributed by atoms with E-state index in [9.17, 15) is 0 Å². The van der Waals surface area contributed by atoms with Crippen molar-refractivity contribution in [2.45, 2.75) is 25.6 Å². The van der Waals surface area contributed by atoms with E-state index in [1.807, 2.05) is 30.3 Å². The van der Waals surface area contributed by atoms with E-state index in [1.54, 1.807) is 0 Å². The summed E-state index contributed by atoms with van der Waals surface area (Å²) in [5.74, 6) is 1.07. The summed E-state index contributed by atoms with van der Waals surface area (Å²) in [6.45, 7) is 1.75. The van der Waals surface area contributed by atoms with Gasteiger partial charge >= 0.3 is 0 Å². The molecule has 2 aromatic carbocycles. The number of aromatic nitrogens is 2. The molecule has 1 aliphatic rings. The Labute approximate surface area is 146 Å². The second-order valence-electron chi connectivity index (χ2n) is 6.11. The topological polar surface area (TPSA) is 57.4 Å². The molecular weight excluding hydrogens is 316 g/mol. The van der Waals surface area contributed by atoms with Crippen LogP contribution < -0.4 is 0 Å². The van der Waals surface area contributed by atoms with Gasteiger partial charge in [-0.2, -0.15) is 4.98 Å². The molecule has 25 heavy (non-hydrogen) atoms. The molecule has 0 aliphatic carbocycles. The molecule has 0 bridgehead atoms. The highest BCUT2D eigenvalue weighted by Gasteiger charge is 2.16. The number of rotatable bonds is 6. The molecule has 0 radical (unpaired) electrons. The van der Waals surface area contributed by atoms with E-state index >= 15 is 0 Å². The maximum atomic E-state index is 5.62. The minimum absolute atomic E-state index is 0.205. The number of hydrogen-bond donors (Lipinski definition) is 0. The molecule has 1 aromatic heterocycles. The summed E-state index contributed by atoms with van der Waals surface area (Å²) in [6.07, 6.45) is 2.38. The zero-order chi connectivity index (χ0) is 16.9. The van der Waals surface area contributed by atoms with Gasteiger partial charge in [0.25, 0.3) is 5.89 Å². The number of nitrogens with zero attached hydrogens (tertiary/aromatic N) is 2. The lowest BCUT2D eigenvalue weighted by Crippen LogP contribution is -2.14. The van der Waals surface area contributed by atoms with Crippen LogP contribution in [0.25, 0.3) is 22.6 Å². The van der Waals surface area contributed by atoms with Gasteiger partial charge in [-0.15, -0.1) is 0 Å². The molecule has 1 atom stereocenters. The molecule has 0 saturated carbocycles. The second kappa shape index (κ2) is 7.59. The Balaban J connectivity index is 1.38. The fourth-order valence-electron chi connectivity index (χ4n) is 2.92. The smallest absolute Gasteiger partial charge is 0.258 e. The van der Waals surface area contributed by atoms with Gasteiger partial charge in [0.05, 0.1) is 12.7 Å². The lowest BCUT2D eigenvalue weighted by atomic mass is 10.0. The zero-order valence-corrected chi connectivity index (χ0v) is 13.9. The maximum Gasteiger partial charge on any atom is 0.258 e. The highest BCUT2D eigenvalue weighted by atomic mass is 16.5. The van der Waals surface area contributed by atoms with Crippen molar-refractivity contribution in [1.82, 2.24) is 10.1 Å². The average Bonchev–Trinajstić information content (AvgIpc) is 3.35. The van der Waals surface area contributed by atoms with Crippen LogP contribution in [0.4, 0.5) is 0 Å². The van der Waals surface area contributed by atoms with Crippen LogP contribution in [0, 0.1) is 0 Å². The summed E-state index contributed by atoms with van der Waals surface area (Å²) in [5.41, 5.74) is 3.24. The Bertz CT molecular complexity index is 793. The van der Waals surface area contributed by atoms with Gasteiger partial charge in [0.15, 0.2) is 5.82 Å². The zero-order valence-electron chi connectivity index (χ0n) is 13.9. The third kappa shape index (κ3) is 3.95. The molecule has 1 fully saturated rings. The second-order valence-corrected chi connectivity index (χ2v) is 6.11. The van der Waals surface area contributed by atoms with Gasteiger partial charge in [0.2, 0.25) is 0 Å². The Morgan fingerprint density at radius 2 is 1.72 bits per heavy atom. The van der Waals surface area contributed by atoms with Crippen LogP contribution >= 0.6 is 0 Å². The maximum absolute atomic E-state index is 5.62. The molecule has 0 amide bonds. The lowest BCUT2D eigenvalue weighted by Gasteiger charge is -2.07. The van der Waals surface area contributed by atoms with Crippen molar-refractivity contribution >= 4 is 0 Å². The van der Waals surface area contributed by atoms with Crippen molar-refractivity contribution in [3.63, 3.8) is 0 Å². The first-order chi connectivity index (χ1) is 12.4. The standard InChI is InChI=1S/C20H20N2O3/c1-2-5-15(6-3-1)16-8-10-17(11-9-16)20-21-19(22-25-20)14-23-13-18-7-4-12-24-18/h1-3,5-6,8-11,18H,4,7,12-14H2. The lowest BCUT2D eigenvalue weighted by molar-refractivity contribution is 0.00817. The van der Waals surface area contributed by atoms with E-state index in [-0.39, 0.29) is 6.10 Å². The predicted molar refractivity (Wildman–Crippen MR) is 93.8 cm³/mol. The highest BCUT2D eigenvalue weighted by Crippen LogP contribution is 2.24. The Morgan fingerprint density at radius 3 is 2.48 bits per heavy atom. The Kier molecular flexibility index (Phi) is 4.86. The van der Waals surface area contributed by atoms with E-state index in [0.717, 1.165) is 30.6 Å². The van der Waals surface area contributed by atoms with E-state index < -0.39 is 0 Å². The first kappa shape index (κ1) is 16.0. The third-order valence-electron chi connectivity index (χ3n) is 4.27. The first-order valence-electron chi connectivity index (χ1n) is 8.56. The van der Waals surface area contributed by atoms with Crippen LogP contribution in [-0.2, 0) is 16.1 Å². The van der Waals surface area contributed by atoms with E-state index in [0.29, 0.717) is 24.9 Å². The summed E-state index contributed by atoms with van der Waals surface area (Å²) in [4.78, 5) is 4.40. The van der Waals surface area contributed by atoms with Crippen LogP contribution in [-0.4, -0.2) is 29.5 Å². The predicted octanol–water partition coefficient (Wildman–Crippen LogP) is 4.10. The molecule has 0 spiro atoms. The molecule has 0 N–H and O–H groups in total. The van der Waals surface area contributed by atoms with E-state index in [2.05, 4.69) is 34.4 Å². The summed E-state index contributed by atoms with van der Waals surface area (Å²) < 4.78 is 16.5. The Hall–Kier alpha value is -2.50. The summed E-state index contributed by atoms with van der Waals surface area (Å²) in [5, 5.41) is 3.99. The van der Waals surface area contributed by atoms with Crippen molar-refractivity contribution in [3.8, 4) is 22.6 Å². The van der Waals surface area contributed by atoms with Gasteiger partial charge in [0.1, 0.15) is 6.61 Å². The number of hydrogen-bond acceptors (Lipinski definition) is 5. The normalized spacial score (nSPS) is 17.0. The SMILES string of the molecule is c1ccc(-c2ccc(-c3nc(COCC4CCCO4)no3)cc2)cc1. The summed E-state index contributed by atoms with van der Waals surface area (Å²) >= 11 is 0. The quantitative estimate of drug-likeness (QED) is 0.678. The molecule has 1 unspecified atom stereocenters. The fourth-order valence-corrected chi connectivity index (χ4v) is 2.92. The largest absolute Gasteiger partial charge is 0.376 e. The first-order valence-corrected chi connectivity index (χ1v) is 8.56. The summed E-state index contributed by atoms with van der Waals surface area (Å²) in [6, 6.07) is 18.4. The molecular formula is C20H20N2O3. The fraction of sp³-hybridized carbons (Fsp3) is 0.300. The van der Waals surface area contributed by atoms with Crippen molar-refractivity contribution in [1.29, 1.82) is 0 Å². The molecule has 2 heterocycles. The molecule has 128 valence electrons. The monoisotopic (exact) mass is 336 g/mol. The van der Waals surface area contributed by atoms with Crippen LogP contribution in [0.1, 0.15) is 18.7 Å². The van der Waals surface area contributed by atoms with Crippen molar-refractivity contribution < 1.29 is 14.0 Å². The number of ether oxygens (including phenoxy) is 2. The molecule has 1 aliphatic heterocycles. The number of benzene rings is 2. The van der Waals surface area contributed by atoms with Crippen molar-refractivity contribution in [3.05, 3.63) is 60.4 Å². The van der Waals surface area contributed by atoms with Gasteiger partial charge in [-0.05, 0) is 36.1 Å². The Morgan fingerprint density at radius 1 is 0.960 bits per heavy atom. The van der Waals surface area contributed by atoms with Crippen molar-refractivity contribution in [2.75, 3.05) is 13.2 Å². The minimum atomic E-state index is 0.205. The molecule has 4 rings (SSSR count). The van der Waals surface area contributed by atoms with Crippen LogP contribution in [0.3, 0.4) is 0 Å². The third-order valence-corrected chi connectivity index (χ3v) is 4.27. The van der Waals surface area contributed by atoms with Crippen molar-refractivity contribution in [2.24, 2.45) is 0 Å². The highest BCUT2D eigenvalue weighted by molar-refractivity contribution is 5.67. The molecule has 3 aromatic rings. The van der Waals surface area contributed by atoms with Gasteiger partial charge < -0.3 is 14.0 Å².